The van der Waals surface area contributed by atoms with Crippen LogP contribution < -0.4 is 5.73 Å². The van der Waals surface area contributed by atoms with Gasteiger partial charge in [-0.2, -0.15) is 0 Å². The maximum Gasteiger partial charge on any atom is 0.219 e. The van der Waals surface area contributed by atoms with E-state index >= 15 is 0 Å². The Labute approximate surface area is 137 Å². The Balaban J connectivity index is 2.09. The Morgan fingerprint density at radius 1 is 1.17 bits per heavy atom. The third kappa shape index (κ3) is 3.96. The lowest BCUT2D eigenvalue weighted by Crippen LogP contribution is -2.22. The summed E-state index contributed by atoms with van der Waals surface area (Å²) in [5, 5.41) is 0. The molecule has 0 aromatic carbocycles. The van der Waals surface area contributed by atoms with E-state index < -0.39 is 12.4 Å². The van der Waals surface area contributed by atoms with Gasteiger partial charge in [0.2, 0.25) is 6.36 Å². The molecule has 0 fully saturated rings. The van der Waals surface area contributed by atoms with E-state index in [0.29, 0.717) is 34.6 Å². The van der Waals surface area contributed by atoms with E-state index in [1.54, 1.807) is 11.5 Å². The van der Waals surface area contributed by atoms with E-state index in [-0.39, 0.29) is 7.92 Å². The number of aromatic nitrogens is 4. The molecule has 0 aliphatic rings. The molecule has 2 aromatic heterocycles. The van der Waals surface area contributed by atoms with E-state index in [0.717, 1.165) is 0 Å². The summed E-state index contributed by atoms with van der Waals surface area (Å²) < 4.78 is 21.7. The monoisotopic (exact) mass is 341 g/mol. The van der Waals surface area contributed by atoms with Gasteiger partial charge in [-0.3, -0.25) is 0 Å². The summed E-state index contributed by atoms with van der Waals surface area (Å²) in [7, 11) is -0.366. The van der Waals surface area contributed by atoms with Crippen LogP contribution in [-0.2, 0) is 4.74 Å². The Hall–Kier alpha value is -1.33. The van der Waals surface area contributed by atoms with Gasteiger partial charge in [-0.05, 0) is 18.2 Å². The minimum atomic E-state index is -1.42. The second kappa shape index (κ2) is 7.49. The number of alkyl halides is 1. The number of hydrogen-bond donors (Lipinski definition) is 1. The van der Waals surface area contributed by atoms with Crippen molar-refractivity contribution in [3.8, 4) is 0 Å². The van der Waals surface area contributed by atoms with Crippen molar-refractivity contribution in [2.24, 2.45) is 0 Å². The molecule has 2 aromatic rings. The van der Waals surface area contributed by atoms with Gasteiger partial charge < -0.3 is 15.0 Å². The number of anilines is 1. The molecule has 2 atom stereocenters. The molecular weight excluding hydrogens is 316 g/mol. The van der Waals surface area contributed by atoms with E-state index in [9.17, 15) is 4.39 Å². The molecule has 0 saturated carbocycles. The second-order valence-electron chi connectivity index (χ2n) is 6.17. The van der Waals surface area contributed by atoms with Crippen LogP contribution in [0.1, 0.15) is 40.7 Å². The Morgan fingerprint density at radius 2 is 1.83 bits per heavy atom. The summed E-state index contributed by atoms with van der Waals surface area (Å²) in [4.78, 5) is 12.2. The SMILES string of the molecule is CC(C(F)OCP(C(C)C)C(C)C)n1cnc2c(N)ncnc21. The van der Waals surface area contributed by atoms with Crippen molar-refractivity contribution >= 4 is 24.9 Å². The Kier molecular flexibility index (Phi) is 5.87. The van der Waals surface area contributed by atoms with Crippen molar-refractivity contribution < 1.29 is 9.13 Å². The van der Waals surface area contributed by atoms with E-state index in [2.05, 4.69) is 42.6 Å². The van der Waals surface area contributed by atoms with Crippen molar-refractivity contribution in [3.05, 3.63) is 12.7 Å². The van der Waals surface area contributed by atoms with E-state index in [1.165, 1.54) is 12.7 Å². The predicted octanol–water partition coefficient (Wildman–Crippen LogP) is 3.54. The van der Waals surface area contributed by atoms with Crippen LogP contribution in [0.15, 0.2) is 12.7 Å². The van der Waals surface area contributed by atoms with Crippen molar-refractivity contribution in [2.45, 2.75) is 58.3 Å². The average Bonchev–Trinajstić information content (AvgIpc) is 2.91. The zero-order valence-electron chi connectivity index (χ0n) is 14.3. The highest BCUT2D eigenvalue weighted by atomic mass is 31.1. The molecule has 6 nitrogen and oxygen atoms in total. The normalized spacial score (nSPS) is 15.0. The van der Waals surface area contributed by atoms with Crippen LogP contribution >= 0.6 is 7.92 Å². The molecule has 2 N–H and O–H groups in total. The quantitative estimate of drug-likeness (QED) is 0.779. The molecule has 0 amide bonds. The first-order valence-electron chi connectivity index (χ1n) is 7.77. The first-order chi connectivity index (χ1) is 10.8. The molecule has 2 rings (SSSR count). The molecular formula is C15H25FN5OP. The molecule has 8 heteroatoms. The smallest absolute Gasteiger partial charge is 0.219 e. The van der Waals surface area contributed by atoms with Crippen LogP contribution in [0.5, 0.6) is 0 Å². The van der Waals surface area contributed by atoms with Crippen LogP contribution in [0.2, 0.25) is 0 Å². The molecule has 0 saturated heterocycles. The fourth-order valence-electron chi connectivity index (χ4n) is 2.49. The summed E-state index contributed by atoms with van der Waals surface area (Å²) in [6.07, 6.45) is 1.92. The maximum atomic E-state index is 14.5. The average molecular weight is 341 g/mol. The summed E-state index contributed by atoms with van der Waals surface area (Å²) in [6, 6.07) is -0.537. The zero-order valence-corrected chi connectivity index (χ0v) is 15.2. The van der Waals surface area contributed by atoms with Crippen LogP contribution in [-0.4, -0.2) is 43.5 Å². The maximum absolute atomic E-state index is 14.5. The minimum absolute atomic E-state index is 0.292. The lowest BCUT2D eigenvalue weighted by Gasteiger charge is -2.27. The number of hydrogen-bond acceptors (Lipinski definition) is 5. The lowest BCUT2D eigenvalue weighted by molar-refractivity contribution is -0.0472. The molecule has 0 aliphatic carbocycles. The van der Waals surface area contributed by atoms with Gasteiger partial charge in [0.1, 0.15) is 11.8 Å². The second-order valence-corrected chi connectivity index (χ2v) is 9.52. The van der Waals surface area contributed by atoms with Gasteiger partial charge in [-0.25, -0.2) is 19.3 Å². The predicted molar refractivity (Wildman–Crippen MR) is 92.5 cm³/mol. The number of ether oxygens (including phenoxy) is 1. The van der Waals surface area contributed by atoms with Crippen LogP contribution in [0.4, 0.5) is 10.2 Å². The van der Waals surface area contributed by atoms with Crippen molar-refractivity contribution in [2.75, 3.05) is 12.1 Å². The number of fused-ring (bicyclic) bond motifs is 1. The molecule has 128 valence electrons. The fraction of sp³-hybridized carbons (Fsp3) is 0.667. The molecule has 0 radical (unpaired) electrons. The Bertz CT molecular complexity index is 640. The summed E-state index contributed by atoms with van der Waals surface area (Å²) >= 11 is 0. The highest BCUT2D eigenvalue weighted by Crippen LogP contribution is 2.46. The number of halogens is 1. The number of nitrogen functional groups attached to an aromatic ring is 1. The summed E-state index contributed by atoms with van der Waals surface area (Å²) in [6.45, 7) is 10.4. The largest absolute Gasteiger partial charge is 0.382 e. The van der Waals surface area contributed by atoms with Gasteiger partial charge in [-0.15, -0.1) is 0 Å². The van der Waals surface area contributed by atoms with Crippen molar-refractivity contribution in [1.29, 1.82) is 0 Å². The molecule has 0 spiro atoms. The van der Waals surface area contributed by atoms with Crippen LogP contribution in [0.25, 0.3) is 11.2 Å². The number of rotatable bonds is 7. The van der Waals surface area contributed by atoms with Gasteiger partial charge in [0.25, 0.3) is 0 Å². The van der Waals surface area contributed by atoms with Crippen molar-refractivity contribution in [1.82, 2.24) is 19.5 Å². The molecule has 0 aliphatic heterocycles. The summed E-state index contributed by atoms with van der Waals surface area (Å²) in [5.41, 5.74) is 7.78. The van der Waals surface area contributed by atoms with Gasteiger partial charge in [0.15, 0.2) is 11.5 Å². The highest BCUT2D eigenvalue weighted by molar-refractivity contribution is 7.58. The number of nitrogens with zero attached hydrogens (tertiary/aromatic N) is 4. The minimum Gasteiger partial charge on any atom is -0.382 e. The highest BCUT2D eigenvalue weighted by Gasteiger charge is 2.25. The van der Waals surface area contributed by atoms with Gasteiger partial charge in [0, 0.05) is 0 Å². The van der Waals surface area contributed by atoms with Crippen molar-refractivity contribution in [3.63, 3.8) is 0 Å². The zero-order chi connectivity index (χ0) is 17.1. The van der Waals surface area contributed by atoms with Gasteiger partial charge in [0.05, 0.1) is 18.7 Å². The van der Waals surface area contributed by atoms with Gasteiger partial charge >= 0.3 is 0 Å². The molecule has 0 bridgehead atoms. The number of imidazole rings is 1. The fourth-order valence-corrected chi connectivity index (χ4v) is 4.59. The van der Waals surface area contributed by atoms with Crippen LogP contribution in [0.3, 0.4) is 0 Å². The standard InChI is InChI=1S/C15H25FN5OP/c1-9(2)23(10(3)4)8-22-13(16)11(5)21-7-20-12-14(17)18-6-19-15(12)21/h6-7,9-11,13H,8H2,1-5H3,(H2,17,18,19). The first kappa shape index (κ1) is 18.0. The third-order valence-electron chi connectivity index (χ3n) is 3.91. The van der Waals surface area contributed by atoms with Crippen LogP contribution in [0, 0.1) is 0 Å². The van der Waals surface area contributed by atoms with E-state index in [4.69, 9.17) is 10.5 Å². The Morgan fingerprint density at radius 3 is 2.43 bits per heavy atom. The summed E-state index contributed by atoms with van der Waals surface area (Å²) in [5.74, 6) is 0.292. The molecule has 2 unspecified atom stereocenters. The van der Waals surface area contributed by atoms with Gasteiger partial charge in [-0.1, -0.05) is 35.6 Å². The topological polar surface area (TPSA) is 78.9 Å². The lowest BCUT2D eigenvalue weighted by atomic mass is 10.3. The first-order valence-corrected chi connectivity index (χ1v) is 9.43. The molecule has 2 heterocycles. The van der Waals surface area contributed by atoms with E-state index in [1.807, 2.05) is 0 Å². The third-order valence-corrected chi connectivity index (χ3v) is 7.01. The number of nitrogens with two attached hydrogens (primary N) is 1. The molecule has 23 heavy (non-hydrogen) atoms.